The molecule has 58 valence electrons. The quantitative estimate of drug-likeness (QED) is 0.589. The molecule has 1 heteroatoms. The van der Waals surface area contributed by atoms with Gasteiger partial charge in [-0.2, -0.15) is 5.26 Å². The molecule has 11 heavy (non-hydrogen) atoms. The Bertz CT molecular complexity index is 238. The predicted octanol–water partition coefficient (Wildman–Crippen LogP) is 2.81. The second kappa shape index (κ2) is 2.92. The molecule has 0 aromatic carbocycles. The maximum atomic E-state index is 8.56. The Labute approximate surface area is 68.0 Å². The van der Waals surface area contributed by atoms with Gasteiger partial charge in [-0.1, -0.05) is 37.6 Å². The Morgan fingerprint density at radius 1 is 1.64 bits per heavy atom. The van der Waals surface area contributed by atoms with Crippen molar-refractivity contribution in [2.24, 2.45) is 5.41 Å². The molecule has 0 bridgehead atoms. The molecule has 0 aromatic heterocycles. The van der Waals surface area contributed by atoms with Crippen LogP contribution >= 0.6 is 0 Å². The van der Waals surface area contributed by atoms with Crippen LogP contribution in [0.3, 0.4) is 0 Å². The van der Waals surface area contributed by atoms with Crippen molar-refractivity contribution in [3.05, 3.63) is 23.8 Å². The Morgan fingerprint density at radius 3 is 2.82 bits per heavy atom. The molecule has 0 radical (unpaired) electrons. The van der Waals surface area contributed by atoms with Crippen molar-refractivity contribution in [2.45, 2.75) is 26.7 Å². The molecule has 0 amide bonds. The molecule has 0 saturated heterocycles. The molecule has 1 nitrogen and oxygen atoms in total. The van der Waals surface area contributed by atoms with Crippen LogP contribution in [0.4, 0.5) is 0 Å². The average Bonchev–Trinajstić information content (AvgIpc) is 2.37. The van der Waals surface area contributed by atoms with Crippen LogP contribution in [0.25, 0.3) is 0 Å². The maximum absolute atomic E-state index is 8.56. The molecule has 0 spiro atoms. The van der Waals surface area contributed by atoms with Crippen molar-refractivity contribution in [3.8, 4) is 6.07 Å². The molecule has 0 aromatic rings. The highest BCUT2D eigenvalue weighted by Gasteiger charge is 2.22. The Balaban J connectivity index is 2.67. The minimum absolute atomic E-state index is 0.0677. The third kappa shape index (κ3) is 1.71. The summed E-state index contributed by atoms with van der Waals surface area (Å²) < 4.78 is 0. The topological polar surface area (TPSA) is 23.8 Å². The molecule has 0 saturated carbocycles. The van der Waals surface area contributed by atoms with Crippen LogP contribution in [0, 0.1) is 16.7 Å². The van der Waals surface area contributed by atoms with E-state index in [2.05, 4.69) is 38.1 Å². The second-order valence-electron chi connectivity index (χ2n) is 3.54. The summed E-state index contributed by atoms with van der Waals surface area (Å²) in [5, 5.41) is 8.56. The highest BCUT2D eigenvalue weighted by Crippen LogP contribution is 2.34. The monoisotopic (exact) mass is 147 g/mol. The minimum atomic E-state index is 0.0677. The number of nitrogens with zero attached hydrogens (tertiary/aromatic N) is 1. The van der Waals surface area contributed by atoms with Crippen LogP contribution in [0.15, 0.2) is 23.8 Å². The van der Waals surface area contributed by atoms with Crippen LogP contribution < -0.4 is 0 Å². The normalized spacial score (nSPS) is 16.3. The molecular formula is C10H13N. The summed E-state index contributed by atoms with van der Waals surface area (Å²) in [5.74, 6) is 0. The number of allylic oxidation sites excluding steroid dienone is 4. The molecule has 0 unspecified atom stereocenters. The molecular weight excluding hydrogens is 134 g/mol. The Morgan fingerprint density at radius 2 is 2.36 bits per heavy atom. The van der Waals surface area contributed by atoms with Gasteiger partial charge in [0, 0.05) is 6.42 Å². The molecule has 0 fully saturated rings. The summed E-state index contributed by atoms with van der Waals surface area (Å²) in [7, 11) is 0. The van der Waals surface area contributed by atoms with Gasteiger partial charge in [-0.25, -0.2) is 0 Å². The van der Waals surface area contributed by atoms with Gasteiger partial charge in [0.05, 0.1) is 6.07 Å². The van der Waals surface area contributed by atoms with Gasteiger partial charge in [-0.3, -0.25) is 0 Å². The minimum Gasteiger partial charge on any atom is -0.198 e. The van der Waals surface area contributed by atoms with Crippen LogP contribution in [0.5, 0.6) is 0 Å². The summed E-state index contributed by atoms with van der Waals surface area (Å²) in [6.45, 7) is 4.24. The molecule has 1 rings (SSSR count). The van der Waals surface area contributed by atoms with E-state index < -0.39 is 0 Å². The fourth-order valence-corrected chi connectivity index (χ4v) is 1.26. The summed E-state index contributed by atoms with van der Waals surface area (Å²) in [6, 6.07) is 2.22. The van der Waals surface area contributed by atoms with Crippen molar-refractivity contribution < 1.29 is 0 Å². The van der Waals surface area contributed by atoms with Gasteiger partial charge < -0.3 is 0 Å². The lowest BCUT2D eigenvalue weighted by Crippen LogP contribution is -2.12. The molecule has 1 aliphatic rings. The Kier molecular flexibility index (Phi) is 2.14. The number of nitriles is 1. The first-order valence-corrected chi connectivity index (χ1v) is 3.90. The van der Waals surface area contributed by atoms with E-state index in [0.29, 0.717) is 6.42 Å². The van der Waals surface area contributed by atoms with Crippen LogP contribution in [-0.4, -0.2) is 0 Å². The third-order valence-electron chi connectivity index (χ3n) is 2.16. The largest absolute Gasteiger partial charge is 0.198 e. The first-order chi connectivity index (χ1) is 5.17. The lowest BCUT2D eigenvalue weighted by atomic mass is 9.81. The number of hydrogen-bond donors (Lipinski definition) is 0. The number of hydrogen-bond acceptors (Lipinski definition) is 1. The van der Waals surface area contributed by atoms with Crippen molar-refractivity contribution in [1.82, 2.24) is 0 Å². The van der Waals surface area contributed by atoms with Gasteiger partial charge in [0.2, 0.25) is 0 Å². The lowest BCUT2D eigenvalue weighted by molar-refractivity contribution is 0.452. The molecule has 0 atom stereocenters. The SMILES string of the molecule is CC(C)(CC#N)C1=CC=CC1. The van der Waals surface area contributed by atoms with Crippen LogP contribution in [0.2, 0.25) is 0 Å². The summed E-state index contributed by atoms with van der Waals surface area (Å²) in [4.78, 5) is 0. The van der Waals surface area contributed by atoms with Crippen LogP contribution in [-0.2, 0) is 0 Å². The molecule has 0 heterocycles. The molecule has 0 aliphatic heterocycles. The fourth-order valence-electron chi connectivity index (χ4n) is 1.26. The zero-order chi connectivity index (χ0) is 8.32. The number of rotatable bonds is 2. The van der Waals surface area contributed by atoms with Gasteiger partial charge in [0.1, 0.15) is 0 Å². The predicted molar refractivity (Wildman–Crippen MR) is 45.9 cm³/mol. The summed E-state index contributed by atoms with van der Waals surface area (Å²) in [5.41, 5.74) is 1.44. The van der Waals surface area contributed by atoms with E-state index in [4.69, 9.17) is 5.26 Å². The lowest BCUT2D eigenvalue weighted by Gasteiger charge is -2.22. The average molecular weight is 147 g/mol. The van der Waals surface area contributed by atoms with Gasteiger partial charge in [-0.05, 0) is 11.8 Å². The van der Waals surface area contributed by atoms with Crippen LogP contribution in [0.1, 0.15) is 26.7 Å². The third-order valence-corrected chi connectivity index (χ3v) is 2.16. The van der Waals surface area contributed by atoms with E-state index in [-0.39, 0.29) is 5.41 Å². The first kappa shape index (κ1) is 8.07. The van der Waals surface area contributed by atoms with Crippen molar-refractivity contribution >= 4 is 0 Å². The highest BCUT2D eigenvalue weighted by molar-refractivity contribution is 5.28. The second-order valence-corrected chi connectivity index (χ2v) is 3.54. The van der Waals surface area contributed by atoms with E-state index in [1.807, 2.05) is 0 Å². The fraction of sp³-hybridized carbons (Fsp3) is 0.500. The summed E-state index contributed by atoms with van der Waals surface area (Å²) >= 11 is 0. The van der Waals surface area contributed by atoms with Crippen molar-refractivity contribution in [1.29, 1.82) is 5.26 Å². The van der Waals surface area contributed by atoms with E-state index >= 15 is 0 Å². The zero-order valence-electron chi connectivity index (χ0n) is 7.09. The summed E-state index contributed by atoms with van der Waals surface area (Å²) in [6.07, 6.45) is 7.95. The Hall–Kier alpha value is -1.03. The van der Waals surface area contributed by atoms with Gasteiger partial charge >= 0.3 is 0 Å². The van der Waals surface area contributed by atoms with Gasteiger partial charge in [0.25, 0.3) is 0 Å². The molecule has 0 N–H and O–H groups in total. The smallest absolute Gasteiger partial charge is 0.0630 e. The van der Waals surface area contributed by atoms with Crippen molar-refractivity contribution in [3.63, 3.8) is 0 Å². The van der Waals surface area contributed by atoms with Crippen molar-refractivity contribution in [2.75, 3.05) is 0 Å². The zero-order valence-corrected chi connectivity index (χ0v) is 7.09. The first-order valence-electron chi connectivity index (χ1n) is 3.90. The highest BCUT2D eigenvalue weighted by atomic mass is 14.3. The van der Waals surface area contributed by atoms with E-state index in [1.54, 1.807) is 0 Å². The maximum Gasteiger partial charge on any atom is 0.0630 e. The van der Waals surface area contributed by atoms with E-state index in [9.17, 15) is 0 Å². The van der Waals surface area contributed by atoms with Gasteiger partial charge in [0.15, 0.2) is 0 Å². The standard InChI is InChI=1S/C10H13N/c1-10(2,7-8-11)9-5-3-4-6-9/h3-5H,6-7H2,1-2H3. The van der Waals surface area contributed by atoms with Gasteiger partial charge in [-0.15, -0.1) is 0 Å². The van der Waals surface area contributed by atoms with E-state index in [0.717, 1.165) is 6.42 Å². The molecule has 1 aliphatic carbocycles. The van der Waals surface area contributed by atoms with E-state index in [1.165, 1.54) is 5.57 Å².